The van der Waals surface area contributed by atoms with Gasteiger partial charge >= 0.3 is 0 Å². The maximum atomic E-state index is 9.64. The first kappa shape index (κ1) is 19.7. The molecule has 0 aliphatic heterocycles. The highest BCUT2D eigenvalue weighted by Crippen LogP contribution is 2.24. The van der Waals surface area contributed by atoms with E-state index in [-0.39, 0.29) is 25.9 Å². The minimum atomic E-state index is -1.17. The number of hydrogen-bond acceptors (Lipinski definition) is 5. The number of hydrogen-bond donors (Lipinski definition) is 4. The Morgan fingerprint density at radius 1 is 0.960 bits per heavy atom. The van der Waals surface area contributed by atoms with Crippen molar-refractivity contribution >= 4 is 11.6 Å². The molecule has 2 aromatic rings. The fourth-order valence-electron chi connectivity index (χ4n) is 2.60. The molecular formula is C19H24ClNO4. The van der Waals surface area contributed by atoms with E-state index in [9.17, 15) is 15.3 Å². The van der Waals surface area contributed by atoms with Gasteiger partial charge in [0.1, 0.15) is 5.75 Å². The second-order valence-corrected chi connectivity index (χ2v) is 6.49. The average molecular weight is 366 g/mol. The van der Waals surface area contributed by atoms with Gasteiger partial charge in [-0.25, -0.2) is 0 Å². The van der Waals surface area contributed by atoms with Crippen molar-refractivity contribution in [3.8, 4) is 5.75 Å². The zero-order chi connectivity index (χ0) is 18.3. The molecule has 5 nitrogen and oxygen atoms in total. The molecule has 1 unspecified atom stereocenters. The maximum absolute atomic E-state index is 9.64. The Balaban J connectivity index is 2.30. The van der Waals surface area contributed by atoms with E-state index >= 15 is 0 Å². The van der Waals surface area contributed by atoms with Crippen LogP contribution in [0.5, 0.6) is 5.75 Å². The van der Waals surface area contributed by atoms with E-state index in [0.29, 0.717) is 11.4 Å². The van der Waals surface area contributed by atoms with Crippen LogP contribution in [0.4, 0.5) is 0 Å². The lowest BCUT2D eigenvalue weighted by molar-refractivity contribution is 0.0339. The predicted octanol–water partition coefficient (Wildman–Crippen LogP) is 1.94. The van der Waals surface area contributed by atoms with Gasteiger partial charge in [0.2, 0.25) is 0 Å². The molecule has 0 bridgehead atoms. The molecule has 1 atom stereocenters. The normalized spacial score (nSPS) is 12.8. The quantitative estimate of drug-likeness (QED) is 0.546. The lowest BCUT2D eigenvalue weighted by atomic mass is 9.94. The smallest absolute Gasteiger partial charge is 0.118 e. The summed E-state index contributed by atoms with van der Waals surface area (Å²) in [5.41, 5.74) is 0.827. The molecule has 4 N–H and O–H groups in total. The Bertz CT molecular complexity index is 633. The van der Waals surface area contributed by atoms with Gasteiger partial charge in [0, 0.05) is 11.1 Å². The third kappa shape index (κ3) is 5.17. The van der Waals surface area contributed by atoms with E-state index in [2.05, 4.69) is 5.32 Å². The summed E-state index contributed by atoms with van der Waals surface area (Å²) in [6.07, 6.45) is 0.602. The van der Waals surface area contributed by atoms with E-state index in [1.165, 1.54) is 0 Å². The Morgan fingerprint density at radius 3 is 2.00 bits per heavy atom. The van der Waals surface area contributed by atoms with Gasteiger partial charge in [-0.15, -0.1) is 0 Å². The van der Waals surface area contributed by atoms with Crippen molar-refractivity contribution in [1.29, 1.82) is 0 Å². The van der Waals surface area contributed by atoms with Crippen molar-refractivity contribution in [2.75, 3.05) is 26.9 Å². The van der Waals surface area contributed by atoms with Gasteiger partial charge in [-0.1, -0.05) is 35.9 Å². The van der Waals surface area contributed by atoms with Crippen LogP contribution in [0.3, 0.4) is 0 Å². The predicted molar refractivity (Wildman–Crippen MR) is 98.0 cm³/mol. The largest absolute Gasteiger partial charge is 0.497 e. The van der Waals surface area contributed by atoms with E-state index < -0.39 is 5.54 Å². The van der Waals surface area contributed by atoms with Crippen LogP contribution in [0.25, 0.3) is 0 Å². The molecule has 0 saturated carbocycles. The molecule has 0 fully saturated rings. The number of methoxy groups -OCH3 is 1. The number of ether oxygens (including phenoxy) is 1. The van der Waals surface area contributed by atoms with Gasteiger partial charge in [0.05, 0.1) is 32.5 Å². The molecule has 0 heterocycles. The first-order valence-electron chi connectivity index (χ1n) is 8.04. The van der Waals surface area contributed by atoms with Crippen LogP contribution >= 0.6 is 11.6 Å². The summed E-state index contributed by atoms with van der Waals surface area (Å²) in [7, 11) is 1.60. The van der Waals surface area contributed by atoms with Crippen LogP contribution in [0.1, 0.15) is 17.2 Å². The van der Waals surface area contributed by atoms with E-state index in [0.717, 1.165) is 16.9 Å². The molecule has 6 heteroatoms. The maximum Gasteiger partial charge on any atom is 0.118 e. The summed E-state index contributed by atoms with van der Waals surface area (Å²) in [5.74, 6) is 0.742. The van der Waals surface area contributed by atoms with E-state index in [1.807, 2.05) is 48.5 Å². The number of nitrogens with one attached hydrogen (secondary N) is 1. The van der Waals surface area contributed by atoms with Crippen molar-refractivity contribution in [2.45, 2.75) is 18.0 Å². The fraction of sp³-hybridized carbons (Fsp3) is 0.368. The molecule has 25 heavy (non-hydrogen) atoms. The van der Waals surface area contributed by atoms with Crippen LogP contribution in [0.15, 0.2) is 48.5 Å². The molecule has 0 aliphatic rings. The Labute approximate surface area is 152 Å². The Hall–Kier alpha value is -1.63. The molecule has 0 spiro atoms. The summed E-state index contributed by atoms with van der Waals surface area (Å²) in [4.78, 5) is 0. The number of aliphatic hydroxyl groups is 3. The van der Waals surface area contributed by atoms with Crippen LogP contribution in [0, 0.1) is 0 Å². The SMILES string of the molecule is COc1ccc(C(Cc2ccc(Cl)cc2)NC(CO)(CO)CO)cc1. The topological polar surface area (TPSA) is 82.0 Å². The Kier molecular flexibility index (Phi) is 7.23. The van der Waals surface area contributed by atoms with E-state index in [4.69, 9.17) is 16.3 Å². The van der Waals surface area contributed by atoms with Gasteiger partial charge in [0.15, 0.2) is 0 Å². The van der Waals surface area contributed by atoms with Gasteiger partial charge in [-0.2, -0.15) is 0 Å². The molecule has 0 aliphatic carbocycles. The molecule has 0 radical (unpaired) electrons. The lowest BCUT2D eigenvalue weighted by Crippen LogP contribution is -2.56. The van der Waals surface area contributed by atoms with Crippen molar-refractivity contribution in [1.82, 2.24) is 5.32 Å². The summed E-state index contributed by atoms with van der Waals surface area (Å²) in [6, 6.07) is 14.8. The lowest BCUT2D eigenvalue weighted by Gasteiger charge is -2.34. The zero-order valence-corrected chi connectivity index (χ0v) is 14.9. The molecule has 0 aromatic heterocycles. The molecule has 0 amide bonds. The Morgan fingerprint density at radius 2 is 1.52 bits per heavy atom. The van der Waals surface area contributed by atoms with Crippen molar-refractivity contribution in [3.63, 3.8) is 0 Å². The minimum Gasteiger partial charge on any atom is -0.497 e. The monoisotopic (exact) mass is 365 g/mol. The average Bonchev–Trinajstić information content (AvgIpc) is 2.67. The highest BCUT2D eigenvalue weighted by molar-refractivity contribution is 6.30. The first-order valence-corrected chi connectivity index (χ1v) is 8.42. The summed E-state index contributed by atoms with van der Waals surface area (Å²) in [5, 5.41) is 32.8. The summed E-state index contributed by atoms with van der Waals surface area (Å²) in [6.45, 7) is -1.15. The van der Waals surface area contributed by atoms with E-state index in [1.54, 1.807) is 7.11 Å². The van der Waals surface area contributed by atoms with Gasteiger partial charge < -0.3 is 20.1 Å². The summed E-state index contributed by atoms with van der Waals surface area (Å²) >= 11 is 5.94. The van der Waals surface area contributed by atoms with Crippen molar-refractivity contribution in [3.05, 3.63) is 64.7 Å². The highest BCUT2D eigenvalue weighted by atomic mass is 35.5. The van der Waals surface area contributed by atoms with Crippen molar-refractivity contribution < 1.29 is 20.1 Å². The van der Waals surface area contributed by atoms with Gasteiger partial charge in [-0.05, 0) is 41.8 Å². The second-order valence-electron chi connectivity index (χ2n) is 6.06. The van der Waals surface area contributed by atoms with Gasteiger partial charge in [0.25, 0.3) is 0 Å². The van der Waals surface area contributed by atoms with Crippen LogP contribution in [-0.4, -0.2) is 47.8 Å². The molecule has 2 rings (SSSR count). The van der Waals surface area contributed by atoms with Crippen molar-refractivity contribution in [2.24, 2.45) is 0 Å². The fourth-order valence-corrected chi connectivity index (χ4v) is 2.73. The third-order valence-electron chi connectivity index (χ3n) is 4.26. The molecular weight excluding hydrogens is 342 g/mol. The number of rotatable bonds is 9. The highest BCUT2D eigenvalue weighted by Gasteiger charge is 2.31. The van der Waals surface area contributed by atoms with Gasteiger partial charge in [-0.3, -0.25) is 5.32 Å². The molecule has 2 aromatic carbocycles. The second kappa shape index (κ2) is 9.17. The third-order valence-corrected chi connectivity index (χ3v) is 4.51. The van der Waals surface area contributed by atoms with Crippen LogP contribution in [-0.2, 0) is 6.42 Å². The standard InChI is InChI=1S/C19H24ClNO4/c1-25-17-8-4-15(5-9-17)18(21-19(11-22,12-23)13-24)10-14-2-6-16(20)7-3-14/h2-9,18,21-24H,10-13H2,1H3. The number of halogens is 1. The summed E-state index contributed by atoms with van der Waals surface area (Å²) < 4.78 is 5.19. The molecule has 0 saturated heterocycles. The van der Waals surface area contributed by atoms with Crippen LogP contribution in [0.2, 0.25) is 5.02 Å². The van der Waals surface area contributed by atoms with Crippen LogP contribution < -0.4 is 10.1 Å². The first-order chi connectivity index (χ1) is 12.1. The number of benzene rings is 2. The number of aliphatic hydroxyl groups excluding tert-OH is 3. The zero-order valence-electron chi connectivity index (χ0n) is 14.2. The minimum absolute atomic E-state index is 0.224. The molecule has 136 valence electrons.